The van der Waals surface area contributed by atoms with Crippen molar-refractivity contribution in [3.8, 4) is 56.4 Å². The molecule has 0 N–H and O–H groups in total. The van der Waals surface area contributed by atoms with E-state index in [-0.39, 0.29) is 0 Å². The van der Waals surface area contributed by atoms with Crippen LogP contribution in [-0.2, 0) is 5.41 Å². The summed E-state index contributed by atoms with van der Waals surface area (Å²) in [6.45, 7) is 0. The van der Waals surface area contributed by atoms with Gasteiger partial charge in [0.25, 0.3) is 0 Å². The number of nitrogens with zero attached hydrogens (tertiary/aromatic N) is 2. The molecular formula is C47H28N2OS. The Morgan fingerprint density at radius 3 is 1.90 bits per heavy atom. The molecular weight excluding hydrogens is 641 g/mol. The summed E-state index contributed by atoms with van der Waals surface area (Å²) in [5.74, 6) is 2.50. The summed E-state index contributed by atoms with van der Waals surface area (Å²) in [6.07, 6.45) is 0. The standard InChI is InChI=1S/C47H28N2OS/c1-2-14-29(15-3-1)30-16-12-17-31(28-30)46-48-43-33-19-5-11-27-41(33)51-45(43)44(49-46)34-20-13-24-38-42(34)32-18-4-6-21-35(32)47(38)36-22-7-9-25-39(36)50-40-26-10-8-23-37(40)47/h1-28H. The van der Waals surface area contributed by atoms with Crippen molar-refractivity contribution in [3.05, 3.63) is 192 Å². The van der Waals surface area contributed by atoms with Gasteiger partial charge in [0.1, 0.15) is 11.5 Å². The van der Waals surface area contributed by atoms with Gasteiger partial charge in [-0.25, -0.2) is 9.97 Å². The lowest BCUT2D eigenvalue weighted by Crippen LogP contribution is -2.32. The quantitative estimate of drug-likeness (QED) is 0.188. The van der Waals surface area contributed by atoms with Gasteiger partial charge in [-0.2, -0.15) is 0 Å². The van der Waals surface area contributed by atoms with Crippen LogP contribution in [0.15, 0.2) is 170 Å². The first-order chi connectivity index (χ1) is 25.3. The van der Waals surface area contributed by atoms with Gasteiger partial charge in [0.05, 0.1) is 21.3 Å². The highest BCUT2D eigenvalue weighted by Gasteiger charge is 2.51. The molecule has 7 aromatic carbocycles. The minimum absolute atomic E-state index is 0.549. The van der Waals surface area contributed by atoms with Crippen LogP contribution in [0.3, 0.4) is 0 Å². The van der Waals surface area contributed by atoms with Gasteiger partial charge in [0, 0.05) is 32.3 Å². The lowest BCUT2D eigenvalue weighted by Gasteiger charge is -2.39. The molecule has 2 aromatic heterocycles. The summed E-state index contributed by atoms with van der Waals surface area (Å²) in [7, 11) is 0. The first-order valence-corrected chi connectivity index (χ1v) is 18.1. The van der Waals surface area contributed by atoms with E-state index in [1.165, 1.54) is 32.5 Å². The zero-order valence-corrected chi connectivity index (χ0v) is 28.2. The van der Waals surface area contributed by atoms with Crippen LogP contribution < -0.4 is 4.74 Å². The Labute approximate surface area is 299 Å². The van der Waals surface area contributed by atoms with Gasteiger partial charge in [0.15, 0.2) is 5.82 Å². The second-order valence-electron chi connectivity index (χ2n) is 13.2. The maximum atomic E-state index is 6.59. The molecule has 0 radical (unpaired) electrons. The number of para-hydroxylation sites is 2. The molecule has 0 bridgehead atoms. The van der Waals surface area contributed by atoms with Crippen molar-refractivity contribution < 1.29 is 4.74 Å². The van der Waals surface area contributed by atoms with E-state index in [4.69, 9.17) is 14.7 Å². The maximum absolute atomic E-state index is 6.59. The smallest absolute Gasteiger partial charge is 0.160 e. The van der Waals surface area contributed by atoms with Gasteiger partial charge in [-0.1, -0.05) is 146 Å². The van der Waals surface area contributed by atoms with Crippen molar-refractivity contribution in [3.63, 3.8) is 0 Å². The summed E-state index contributed by atoms with van der Waals surface area (Å²) >= 11 is 1.77. The van der Waals surface area contributed by atoms with Crippen LogP contribution in [0.25, 0.3) is 65.2 Å². The van der Waals surface area contributed by atoms with Gasteiger partial charge < -0.3 is 4.74 Å². The highest BCUT2D eigenvalue weighted by atomic mass is 32.1. The van der Waals surface area contributed by atoms with Crippen LogP contribution in [0, 0.1) is 0 Å². The van der Waals surface area contributed by atoms with Crippen LogP contribution in [0.4, 0.5) is 0 Å². The number of hydrogen-bond acceptors (Lipinski definition) is 4. The number of hydrogen-bond donors (Lipinski definition) is 0. The van der Waals surface area contributed by atoms with Crippen molar-refractivity contribution in [1.29, 1.82) is 0 Å². The summed E-state index contributed by atoms with van der Waals surface area (Å²) in [5, 5.41) is 1.15. The summed E-state index contributed by atoms with van der Waals surface area (Å²) in [4.78, 5) is 10.8. The van der Waals surface area contributed by atoms with E-state index < -0.39 is 5.41 Å². The molecule has 3 heterocycles. The van der Waals surface area contributed by atoms with Crippen LogP contribution >= 0.6 is 11.3 Å². The normalized spacial score (nSPS) is 13.4. The van der Waals surface area contributed by atoms with Crippen molar-refractivity contribution in [2.45, 2.75) is 5.41 Å². The lowest BCUT2D eigenvalue weighted by molar-refractivity contribution is 0.436. The predicted molar refractivity (Wildman–Crippen MR) is 209 cm³/mol. The second-order valence-corrected chi connectivity index (χ2v) is 14.3. The molecule has 0 saturated heterocycles. The van der Waals surface area contributed by atoms with Gasteiger partial charge in [0.2, 0.25) is 0 Å². The van der Waals surface area contributed by atoms with E-state index in [0.29, 0.717) is 0 Å². The zero-order valence-electron chi connectivity index (χ0n) is 27.4. The molecule has 11 rings (SSSR count). The van der Waals surface area contributed by atoms with Crippen LogP contribution in [0.2, 0.25) is 0 Å². The second kappa shape index (κ2) is 10.8. The molecule has 238 valence electrons. The molecule has 1 spiro atoms. The third-order valence-corrected chi connectivity index (χ3v) is 11.7. The summed E-state index contributed by atoms with van der Waals surface area (Å²) in [6, 6.07) is 60.4. The Hall–Kier alpha value is -6.36. The number of rotatable bonds is 3. The van der Waals surface area contributed by atoms with Gasteiger partial charge in [-0.05, 0) is 57.6 Å². The van der Waals surface area contributed by atoms with E-state index in [0.717, 1.165) is 66.4 Å². The Morgan fingerprint density at radius 1 is 0.471 bits per heavy atom. The van der Waals surface area contributed by atoms with Crippen molar-refractivity contribution >= 4 is 31.6 Å². The van der Waals surface area contributed by atoms with Crippen molar-refractivity contribution in [1.82, 2.24) is 9.97 Å². The molecule has 0 saturated carbocycles. The Balaban J connectivity index is 1.23. The fourth-order valence-electron chi connectivity index (χ4n) is 8.47. The van der Waals surface area contributed by atoms with Gasteiger partial charge >= 0.3 is 0 Å². The molecule has 0 unspecified atom stereocenters. The number of aromatic nitrogens is 2. The fourth-order valence-corrected chi connectivity index (χ4v) is 9.62. The van der Waals surface area contributed by atoms with E-state index in [2.05, 4.69) is 170 Å². The Kier molecular flexibility index (Phi) is 6.04. The van der Waals surface area contributed by atoms with Crippen molar-refractivity contribution in [2.24, 2.45) is 0 Å². The van der Waals surface area contributed by atoms with E-state index in [1.807, 2.05) is 0 Å². The number of thiophene rings is 1. The monoisotopic (exact) mass is 668 g/mol. The molecule has 1 aliphatic heterocycles. The van der Waals surface area contributed by atoms with Crippen LogP contribution in [0.5, 0.6) is 11.5 Å². The molecule has 0 fully saturated rings. The number of fused-ring (bicyclic) bond motifs is 12. The van der Waals surface area contributed by atoms with E-state index in [9.17, 15) is 0 Å². The summed E-state index contributed by atoms with van der Waals surface area (Å²) in [5.41, 5.74) is 13.0. The average molecular weight is 669 g/mol. The summed E-state index contributed by atoms with van der Waals surface area (Å²) < 4.78 is 8.89. The minimum Gasteiger partial charge on any atom is -0.457 e. The van der Waals surface area contributed by atoms with E-state index >= 15 is 0 Å². The highest BCUT2D eigenvalue weighted by molar-refractivity contribution is 7.26. The first-order valence-electron chi connectivity index (χ1n) is 17.2. The molecule has 4 heteroatoms. The number of ether oxygens (including phenoxy) is 1. The minimum atomic E-state index is -0.549. The molecule has 1 aliphatic carbocycles. The van der Waals surface area contributed by atoms with Crippen LogP contribution in [-0.4, -0.2) is 9.97 Å². The largest absolute Gasteiger partial charge is 0.457 e. The zero-order chi connectivity index (χ0) is 33.5. The predicted octanol–water partition coefficient (Wildman–Crippen LogP) is 12.3. The average Bonchev–Trinajstić information content (AvgIpc) is 3.72. The molecule has 51 heavy (non-hydrogen) atoms. The van der Waals surface area contributed by atoms with Gasteiger partial charge in [-0.15, -0.1) is 11.3 Å². The third-order valence-electron chi connectivity index (χ3n) is 10.6. The Morgan fingerprint density at radius 2 is 1.08 bits per heavy atom. The molecule has 3 nitrogen and oxygen atoms in total. The van der Waals surface area contributed by atoms with Crippen molar-refractivity contribution in [2.75, 3.05) is 0 Å². The number of benzene rings is 7. The molecule has 2 aliphatic rings. The SMILES string of the molecule is c1ccc(-c2cccc(-c3nc(-c4cccc5c4-c4ccccc4C54c5ccccc5Oc5ccccc54)c4sc5ccccc5c4n3)c2)cc1. The van der Waals surface area contributed by atoms with Gasteiger partial charge in [-0.3, -0.25) is 0 Å². The maximum Gasteiger partial charge on any atom is 0.160 e. The third kappa shape index (κ3) is 3.99. The Bertz CT molecular complexity index is 2810. The molecule has 0 atom stereocenters. The molecule has 0 amide bonds. The molecule has 9 aromatic rings. The van der Waals surface area contributed by atoms with Crippen LogP contribution in [0.1, 0.15) is 22.3 Å². The van der Waals surface area contributed by atoms with E-state index in [1.54, 1.807) is 11.3 Å². The lowest BCUT2D eigenvalue weighted by atomic mass is 9.66. The first kappa shape index (κ1) is 28.5. The topological polar surface area (TPSA) is 35.0 Å². The highest BCUT2D eigenvalue weighted by Crippen LogP contribution is 2.63. The fraction of sp³-hybridized carbons (Fsp3) is 0.0213.